The lowest BCUT2D eigenvalue weighted by Crippen LogP contribution is -2.36. The van der Waals surface area contributed by atoms with Gasteiger partial charge in [-0.1, -0.05) is 12.8 Å². The van der Waals surface area contributed by atoms with E-state index < -0.39 is 0 Å². The SMILES string of the molecule is NCC1CC12CCCC21CCC1. The first kappa shape index (κ1) is 7.37. The van der Waals surface area contributed by atoms with Gasteiger partial charge in [0.2, 0.25) is 0 Å². The highest BCUT2D eigenvalue weighted by atomic mass is 14.8. The third-order valence-electron chi connectivity index (χ3n) is 5.16. The lowest BCUT2D eigenvalue weighted by atomic mass is 9.60. The summed E-state index contributed by atoms with van der Waals surface area (Å²) in [5.74, 6) is 0.917. The molecule has 3 aliphatic carbocycles. The zero-order chi connectivity index (χ0) is 8.23. The van der Waals surface area contributed by atoms with E-state index >= 15 is 0 Å². The Balaban J connectivity index is 1.86. The second-order valence-corrected chi connectivity index (χ2v) is 5.28. The van der Waals surface area contributed by atoms with Gasteiger partial charge < -0.3 is 5.73 Å². The van der Waals surface area contributed by atoms with Gasteiger partial charge >= 0.3 is 0 Å². The van der Waals surface area contributed by atoms with Gasteiger partial charge in [-0.2, -0.15) is 0 Å². The third kappa shape index (κ3) is 0.618. The van der Waals surface area contributed by atoms with Crippen molar-refractivity contribution in [3.8, 4) is 0 Å². The van der Waals surface area contributed by atoms with Crippen LogP contribution in [0.1, 0.15) is 44.9 Å². The van der Waals surface area contributed by atoms with E-state index in [0.29, 0.717) is 0 Å². The fourth-order valence-electron chi connectivity index (χ4n) is 4.25. The molecule has 3 saturated carbocycles. The van der Waals surface area contributed by atoms with E-state index in [9.17, 15) is 0 Å². The molecule has 0 bridgehead atoms. The quantitative estimate of drug-likeness (QED) is 0.634. The van der Waals surface area contributed by atoms with Crippen LogP contribution < -0.4 is 5.73 Å². The van der Waals surface area contributed by atoms with Crippen LogP contribution >= 0.6 is 0 Å². The van der Waals surface area contributed by atoms with Crippen LogP contribution in [0.25, 0.3) is 0 Å². The average molecular weight is 165 g/mol. The fourth-order valence-corrected chi connectivity index (χ4v) is 4.25. The van der Waals surface area contributed by atoms with E-state index in [2.05, 4.69) is 0 Å². The molecule has 3 fully saturated rings. The Morgan fingerprint density at radius 3 is 2.25 bits per heavy atom. The molecule has 1 nitrogen and oxygen atoms in total. The van der Waals surface area contributed by atoms with Crippen molar-refractivity contribution in [2.24, 2.45) is 22.5 Å². The standard InChI is InChI=1S/C11H19N/c12-8-9-7-11(9)6-2-5-10(11)3-1-4-10/h9H,1-8,12H2. The molecule has 0 aromatic rings. The molecule has 2 atom stereocenters. The van der Waals surface area contributed by atoms with Crippen LogP contribution in [0.4, 0.5) is 0 Å². The predicted molar refractivity (Wildman–Crippen MR) is 49.7 cm³/mol. The molecule has 68 valence electrons. The molecule has 3 rings (SSSR count). The number of hydrogen-bond acceptors (Lipinski definition) is 1. The Hall–Kier alpha value is -0.0400. The number of hydrogen-bond donors (Lipinski definition) is 1. The average Bonchev–Trinajstić information content (AvgIpc) is 2.53. The zero-order valence-electron chi connectivity index (χ0n) is 7.81. The highest BCUT2D eigenvalue weighted by Gasteiger charge is 2.68. The minimum atomic E-state index is 0.778. The molecule has 0 aromatic carbocycles. The van der Waals surface area contributed by atoms with Gasteiger partial charge in [0.15, 0.2) is 0 Å². The van der Waals surface area contributed by atoms with Gasteiger partial charge in [-0.3, -0.25) is 0 Å². The summed E-state index contributed by atoms with van der Waals surface area (Å²) < 4.78 is 0. The summed E-state index contributed by atoms with van der Waals surface area (Å²) in [6.45, 7) is 0.960. The molecule has 1 heteroatoms. The van der Waals surface area contributed by atoms with E-state index in [-0.39, 0.29) is 0 Å². The molecule has 0 aromatic heterocycles. The highest BCUT2D eigenvalue weighted by molar-refractivity contribution is 5.18. The Morgan fingerprint density at radius 1 is 1.08 bits per heavy atom. The van der Waals surface area contributed by atoms with E-state index in [0.717, 1.165) is 23.3 Å². The van der Waals surface area contributed by atoms with Gasteiger partial charge in [0.1, 0.15) is 0 Å². The number of nitrogens with two attached hydrogens (primary N) is 1. The Labute approximate surface area is 74.7 Å². The molecule has 0 radical (unpaired) electrons. The van der Waals surface area contributed by atoms with Crippen molar-refractivity contribution in [2.75, 3.05) is 6.54 Å². The van der Waals surface area contributed by atoms with Crippen molar-refractivity contribution in [1.29, 1.82) is 0 Å². The monoisotopic (exact) mass is 165 g/mol. The first-order valence-corrected chi connectivity index (χ1v) is 5.53. The summed E-state index contributed by atoms with van der Waals surface area (Å²) in [6, 6.07) is 0. The van der Waals surface area contributed by atoms with Gasteiger partial charge in [-0.05, 0) is 55.4 Å². The van der Waals surface area contributed by atoms with Crippen LogP contribution in [-0.2, 0) is 0 Å². The topological polar surface area (TPSA) is 26.0 Å². The maximum atomic E-state index is 5.79. The van der Waals surface area contributed by atoms with Crippen LogP contribution in [0.15, 0.2) is 0 Å². The number of fused-ring (bicyclic) bond motifs is 1. The highest BCUT2D eigenvalue weighted by Crippen LogP contribution is 2.76. The van der Waals surface area contributed by atoms with Crippen molar-refractivity contribution in [3.05, 3.63) is 0 Å². The molecular weight excluding hydrogens is 146 g/mol. The third-order valence-corrected chi connectivity index (χ3v) is 5.16. The maximum Gasteiger partial charge on any atom is -0.00431 e. The predicted octanol–water partition coefficient (Wildman–Crippen LogP) is 2.31. The molecule has 0 heterocycles. The summed E-state index contributed by atoms with van der Waals surface area (Å²) in [7, 11) is 0. The normalized spacial score (nSPS) is 48.2. The first-order valence-electron chi connectivity index (χ1n) is 5.53. The molecule has 12 heavy (non-hydrogen) atoms. The Morgan fingerprint density at radius 2 is 1.75 bits per heavy atom. The first-order chi connectivity index (χ1) is 5.83. The number of rotatable bonds is 1. The van der Waals surface area contributed by atoms with Gasteiger partial charge in [-0.25, -0.2) is 0 Å². The summed E-state index contributed by atoms with van der Waals surface area (Å²) in [5.41, 5.74) is 7.38. The van der Waals surface area contributed by atoms with Gasteiger partial charge in [-0.15, -0.1) is 0 Å². The van der Waals surface area contributed by atoms with Crippen LogP contribution in [-0.4, -0.2) is 6.54 Å². The van der Waals surface area contributed by atoms with Crippen molar-refractivity contribution in [2.45, 2.75) is 44.9 Å². The Bertz CT molecular complexity index is 207. The molecule has 2 spiro atoms. The van der Waals surface area contributed by atoms with Gasteiger partial charge in [0, 0.05) is 0 Å². The molecule has 2 N–H and O–H groups in total. The molecule has 3 aliphatic rings. The van der Waals surface area contributed by atoms with Crippen LogP contribution in [0.3, 0.4) is 0 Å². The summed E-state index contributed by atoms with van der Waals surface area (Å²) in [5, 5.41) is 0. The second kappa shape index (κ2) is 2.06. The minimum absolute atomic E-state index is 0.778. The van der Waals surface area contributed by atoms with E-state index in [4.69, 9.17) is 5.73 Å². The second-order valence-electron chi connectivity index (χ2n) is 5.28. The van der Waals surface area contributed by atoms with Gasteiger partial charge in [0.25, 0.3) is 0 Å². The van der Waals surface area contributed by atoms with Crippen molar-refractivity contribution in [1.82, 2.24) is 0 Å². The van der Waals surface area contributed by atoms with Crippen LogP contribution in [0.5, 0.6) is 0 Å². The smallest absolute Gasteiger partial charge is 0.00431 e. The molecule has 0 aliphatic heterocycles. The van der Waals surface area contributed by atoms with Crippen LogP contribution in [0.2, 0.25) is 0 Å². The molecule has 2 unspecified atom stereocenters. The molecule has 0 amide bonds. The van der Waals surface area contributed by atoms with Crippen molar-refractivity contribution in [3.63, 3.8) is 0 Å². The van der Waals surface area contributed by atoms with E-state index in [1.807, 2.05) is 0 Å². The van der Waals surface area contributed by atoms with E-state index in [1.165, 1.54) is 44.9 Å². The van der Waals surface area contributed by atoms with E-state index in [1.54, 1.807) is 0 Å². The molecule has 0 saturated heterocycles. The fraction of sp³-hybridized carbons (Fsp3) is 1.00. The zero-order valence-corrected chi connectivity index (χ0v) is 7.81. The summed E-state index contributed by atoms with van der Waals surface area (Å²) in [6.07, 6.45) is 10.6. The lowest BCUT2D eigenvalue weighted by Gasteiger charge is -2.45. The van der Waals surface area contributed by atoms with Gasteiger partial charge in [0.05, 0.1) is 0 Å². The summed E-state index contributed by atoms with van der Waals surface area (Å²) >= 11 is 0. The minimum Gasteiger partial charge on any atom is -0.330 e. The van der Waals surface area contributed by atoms with Crippen LogP contribution in [0, 0.1) is 16.7 Å². The Kier molecular flexibility index (Phi) is 1.27. The maximum absolute atomic E-state index is 5.79. The lowest BCUT2D eigenvalue weighted by molar-refractivity contribution is 0.0514. The molecular formula is C11H19N. The van der Waals surface area contributed by atoms with Crippen molar-refractivity contribution < 1.29 is 0 Å². The summed E-state index contributed by atoms with van der Waals surface area (Å²) in [4.78, 5) is 0. The van der Waals surface area contributed by atoms with Crippen molar-refractivity contribution >= 4 is 0 Å². The largest absolute Gasteiger partial charge is 0.330 e.